The Morgan fingerprint density at radius 1 is 1.47 bits per heavy atom. The van der Waals surface area contributed by atoms with Gasteiger partial charge in [-0.1, -0.05) is 19.1 Å². The summed E-state index contributed by atoms with van der Waals surface area (Å²) in [5, 5.41) is 10.5. The van der Waals surface area contributed by atoms with E-state index in [1.165, 1.54) is 0 Å². The Hall–Kier alpha value is -1.02. The predicted octanol–water partition coefficient (Wildman–Crippen LogP) is 2.70. The molecule has 0 spiro atoms. The van der Waals surface area contributed by atoms with Crippen LogP contribution in [0, 0.1) is 5.92 Å². The molecule has 2 heteroatoms. The summed E-state index contributed by atoms with van der Waals surface area (Å²) in [6, 6.07) is 7.78. The SMILES string of the molecule is COc1cccc(C2(O)CCC(C)C2)c1. The molecule has 2 nitrogen and oxygen atoms in total. The lowest BCUT2D eigenvalue weighted by Crippen LogP contribution is -2.21. The number of benzene rings is 1. The molecule has 0 bridgehead atoms. The predicted molar refractivity (Wildman–Crippen MR) is 59.9 cm³/mol. The van der Waals surface area contributed by atoms with E-state index in [1.807, 2.05) is 24.3 Å². The summed E-state index contributed by atoms with van der Waals surface area (Å²) in [4.78, 5) is 0. The lowest BCUT2D eigenvalue weighted by atomic mass is 9.91. The molecular formula is C13H18O2. The molecule has 2 atom stereocenters. The molecule has 1 aromatic carbocycles. The van der Waals surface area contributed by atoms with Crippen LogP contribution in [0.2, 0.25) is 0 Å². The van der Waals surface area contributed by atoms with Crippen LogP contribution in [0.5, 0.6) is 5.75 Å². The molecule has 1 aliphatic rings. The Kier molecular flexibility index (Phi) is 2.70. The van der Waals surface area contributed by atoms with Crippen molar-refractivity contribution in [1.29, 1.82) is 0 Å². The molecule has 1 aromatic rings. The number of ether oxygens (including phenoxy) is 1. The van der Waals surface area contributed by atoms with Crippen molar-refractivity contribution < 1.29 is 9.84 Å². The second-order valence-corrected chi connectivity index (χ2v) is 4.61. The Labute approximate surface area is 90.9 Å². The zero-order chi connectivity index (χ0) is 10.9. The molecule has 0 radical (unpaired) electrons. The average Bonchev–Trinajstić information content (AvgIpc) is 2.60. The van der Waals surface area contributed by atoms with Crippen LogP contribution in [0.15, 0.2) is 24.3 Å². The van der Waals surface area contributed by atoms with Crippen molar-refractivity contribution in [2.24, 2.45) is 5.92 Å². The molecule has 15 heavy (non-hydrogen) atoms. The highest BCUT2D eigenvalue weighted by atomic mass is 16.5. The van der Waals surface area contributed by atoms with Crippen molar-refractivity contribution in [3.05, 3.63) is 29.8 Å². The first-order chi connectivity index (χ1) is 7.14. The van der Waals surface area contributed by atoms with Crippen LogP contribution in [0.4, 0.5) is 0 Å². The van der Waals surface area contributed by atoms with Gasteiger partial charge in [-0.25, -0.2) is 0 Å². The van der Waals surface area contributed by atoms with Crippen molar-refractivity contribution in [1.82, 2.24) is 0 Å². The molecule has 1 N–H and O–H groups in total. The van der Waals surface area contributed by atoms with Crippen molar-refractivity contribution in [2.75, 3.05) is 7.11 Å². The molecule has 2 rings (SSSR count). The molecule has 0 aliphatic heterocycles. The fraction of sp³-hybridized carbons (Fsp3) is 0.538. The van der Waals surface area contributed by atoms with Crippen molar-refractivity contribution in [3.8, 4) is 5.75 Å². The van der Waals surface area contributed by atoms with Gasteiger partial charge in [0.2, 0.25) is 0 Å². The topological polar surface area (TPSA) is 29.5 Å². The molecule has 82 valence electrons. The van der Waals surface area contributed by atoms with E-state index in [-0.39, 0.29) is 0 Å². The fourth-order valence-corrected chi connectivity index (χ4v) is 2.44. The van der Waals surface area contributed by atoms with Gasteiger partial charge in [0.25, 0.3) is 0 Å². The van der Waals surface area contributed by atoms with Gasteiger partial charge < -0.3 is 9.84 Å². The molecule has 0 amide bonds. The van der Waals surface area contributed by atoms with E-state index >= 15 is 0 Å². The number of rotatable bonds is 2. The van der Waals surface area contributed by atoms with Crippen molar-refractivity contribution >= 4 is 0 Å². The van der Waals surface area contributed by atoms with E-state index in [2.05, 4.69) is 6.92 Å². The summed E-state index contributed by atoms with van der Waals surface area (Å²) < 4.78 is 5.18. The minimum absolute atomic E-state index is 0.612. The molecule has 0 saturated heterocycles. The summed E-state index contributed by atoms with van der Waals surface area (Å²) in [6.07, 6.45) is 2.83. The highest BCUT2D eigenvalue weighted by Gasteiger charge is 2.36. The monoisotopic (exact) mass is 206 g/mol. The van der Waals surface area contributed by atoms with Gasteiger partial charge in [0.05, 0.1) is 12.7 Å². The van der Waals surface area contributed by atoms with E-state index in [0.29, 0.717) is 5.92 Å². The quantitative estimate of drug-likeness (QED) is 0.806. The molecule has 1 saturated carbocycles. The van der Waals surface area contributed by atoms with E-state index in [1.54, 1.807) is 7.11 Å². The van der Waals surface area contributed by atoms with E-state index in [0.717, 1.165) is 30.6 Å². The third-order valence-corrected chi connectivity index (χ3v) is 3.34. The minimum Gasteiger partial charge on any atom is -0.497 e. The minimum atomic E-state index is -0.631. The lowest BCUT2D eigenvalue weighted by molar-refractivity contribution is 0.0406. The summed E-state index contributed by atoms with van der Waals surface area (Å²) >= 11 is 0. The van der Waals surface area contributed by atoms with Gasteiger partial charge in [0.1, 0.15) is 5.75 Å². The molecule has 0 aromatic heterocycles. The maximum absolute atomic E-state index is 10.5. The average molecular weight is 206 g/mol. The first-order valence-corrected chi connectivity index (χ1v) is 5.51. The molecule has 0 heterocycles. The van der Waals surface area contributed by atoms with E-state index in [9.17, 15) is 5.11 Å². The van der Waals surface area contributed by atoms with Crippen LogP contribution < -0.4 is 4.74 Å². The largest absolute Gasteiger partial charge is 0.497 e. The van der Waals surface area contributed by atoms with Crippen molar-refractivity contribution in [2.45, 2.75) is 31.8 Å². The van der Waals surface area contributed by atoms with E-state index in [4.69, 9.17) is 4.74 Å². The van der Waals surface area contributed by atoms with Gasteiger partial charge >= 0.3 is 0 Å². The normalized spacial score (nSPS) is 30.5. The first kappa shape index (κ1) is 10.5. The van der Waals surface area contributed by atoms with Crippen LogP contribution in [-0.4, -0.2) is 12.2 Å². The Bertz CT molecular complexity index is 348. The van der Waals surface area contributed by atoms with Gasteiger partial charge in [-0.3, -0.25) is 0 Å². The van der Waals surface area contributed by atoms with E-state index < -0.39 is 5.60 Å². The van der Waals surface area contributed by atoms with Crippen LogP contribution in [-0.2, 0) is 5.60 Å². The Morgan fingerprint density at radius 2 is 2.27 bits per heavy atom. The number of hydrogen-bond acceptors (Lipinski definition) is 2. The highest BCUT2D eigenvalue weighted by Crippen LogP contribution is 2.42. The molecule has 1 aliphatic carbocycles. The third-order valence-electron chi connectivity index (χ3n) is 3.34. The third kappa shape index (κ3) is 2.00. The lowest BCUT2D eigenvalue weighted by Gasteiger charge is -2.23. The van der Waals surface area contributed by atoms with Gasteiger partial charge in [-0.15, -0.1) is 0 Å². The van der Waals surface area contributed by atoms with Gasteiger partial charge in [-0.05, 0) is 42.9 Å². The van der Waals surface area contributed by atoms with Crippen LogP contribution >= 0.6 is 0 Å². The zero-order valence-electron chi connectivity index (χ0n) is 9.36. The van der Waals surface area contributed by atoms with Crippen LogP contribution in [0.25, 0.3) is 0 Å². The molecule has 1 fully saturated rings. The summed E-state index contributed by atoms with van der Waals surface area (Å²) in [5.41, 5.74) is 0.361. The summed E-state index contributed by atoms with van der Waals surface area (Å²) in [7, 11) is 1.65. The zero-order valence-corrected chi connectivity index (χ0v) is 9.36. The maximum atomic E-state index is 10.5. The fourth-order valence-electron chi connectivity index (χ4n) is 2.44. The first-order valence-electron chi connectivity index (χ1n) is 5.51. The second kappa shape index (κ2) is 3.86. The number of methoxy groups -OCH3 is 1. The second-order valence-electron chi connectivity index (χ2n) is 4.61. The van der Waals surface area contributed by atoms with Gasteiger partial charge in [0, 0.05) is 0 Å². The highest BCUT2D eigenvalue weighted by molar-refractivity contribution is 5.32. The smallest absolute Gasteiger partial charge is 0.119 e. The Balaban J connectivity index is 2.28. The van der Waals surface area contributed by atoms with Gasteiger partial charge in [-0.2, -0.15) is 0 Å². The standard InChI is InChI=1S/C13H18O2/c1-10-6-7-13(14,9-10)11-4-3-5-12(8-11)15-2/h3-5,8,10,14H,6-7,9H2,1-2H3. The van der Waals surface area contributed by atoms with Gasteiger partial charge in [0.15, 0.2) is 0 Å². The Morgan fingerprint density at radius 3 is 2.87 bits per heavy atom. The number of aliphatic hydroxyl groups is 1. The van der Waals surface area contributed by atoms with Crippen LogP contribution in [0.1, 0.15) is 31.7 Å². The molecular weight excluding hydrogens is 188 g/mol. The number of hydrogen-bond donors (Lipinski definition) is 1. The maximum Gasteiger partial charge on any atom is 0.119 e. The molecule has 2 unspecified atom stereocenters. The van der Waals surface area contributed by atoms with Crippen molar-refractivity contribution in [3.63, 3.8) is 0 Å². The summed E-state index contributed by atoms with van der Waals surface area (Å²) in [6.45, 7) is 2.19. The van der Waals surface area contributed by atoms with Crippen LogP contribution in [0.3, 0.4) is 0 Å². The summed E-state index contributed by atoms with van der Waals surface area (Å²) in [5.74, 6) is 1.43.